The van der Waals surface area contributed by atoms with Crippen LogP contribution >= 0.6 is 11.6 Å². The van der Waals surface area contributed by atoms with E-state index in [4.69, 9.17) is 16.7 Å². The summed E-state index contributed by atoms with van der Waals surface area (Å²) in [6.45, 7) is 2.12. The molecule has 1 aliphatic heterocycles. The zero-order valence-corrected chi connectivity index (χ0v) is 13.0. The lowest BCUT2D eigenvalue weighted by Crippen LogP contribution is -2.41. The molecule has 1 heterocycles. The van der Waals surface area contributed by atoms with Gasteiger partial charge < -0.3 is 10.0 Å². The molecular formula is C17H22ClNO2. The van der Waals surface area contributed by atoms with Crippen LogP contribution in [0, 0.1) is 5.41 Å². The van der Waals surface area contributed by atoms with Crippen LogP contribution in [-0.2, 0) is 0 Å². The maximum Gasteiger partial charge on any atom is 0.337 e. The molecule has 0 aromatic heterocycles. The number of carboxylic acid groups (broad SMARTS) is 1. The highest BCUT2D eigenvalue weighted by molar-refractivity contribution is 6.33. The summed E-state index contributed by atoms with van der Waals surface area (Å²) in [7, 11) is 0. The fourth-order valence-corrected chi connectivity index (χ4v) is 4.17. The third-order valence-corrected chi connectivity index (χ3v) is 5.60. The summed E-state index contributed by atoms with van der Waals surface area (Å²) in [5.74, 6) is -0.966. The van der Waals surface area contributed by atoms with Crippen molar-refractivity contribution in [2.45, 2.75) is 44.9 Å². The lowest BCUT2D eigenvalue weighted by Gasteiger charge is -2.45. The van der Waals surface area contributed by atoms with Gasteiger partial charge >= 0.3 is 5.97 Å². The van der Waals surface area contributed by atoms with Gasteiger partial charge in [-0.2, -0.15) is 0 Å². The molecule has 114 valence electrons. The Morgan fingerprint density at radius 2 is 1.76 bits per heavy atom. The molecule has 1 aromatic carbocycles. The second kappa shape index (κ2) is 5.88. The molecule has 1 aromatic rings. The molecule has 1 saturated heterocycles. The maximum absolute atomic E-state index is 11.0. The van der Waals surface area contributed by atoms with Crippen LogP contribution in [0.3, 0.4) is 0 Å². The first-order valence-corrected chi connectivity index (χ1v) is 8.25. The smallest absolute Gasteiger partial charge is 0.337 e. The van der Waals surface area contributed by atoms with Crippen molar-refractivity contribution in [1.82, 2.24) is 0 Å². The molecule has 0 radical (unpaired) electrons. The van der Waals surface area contributed by atoms with Crippen LogP contribution in [0.1, 0.15) is 55.3 Å². The number of piperidine rings is 1. The van der Waals surface area contributed by atoms with Crippen molar-refractivity contribution in [3.8, 4) is 0 Å². The van der Waals surface area contributed by atoms with E-state index < -0.39 is 5.97 Å². The van der Waals surface area contributed by atoms with E-state index in [1.165, 1.54) is 44.9 Å². The molecule has 0 unspecified atom stereocenters. The average Bonchev–Trinajstić information content (AvgIpc) is 2.48. The van der Waals surface area contributed by atoms with Gasteiger partial charge in [-0.15, -0.1) is 0 Å². The number of hydrogen-bond acceptors (Lipinski definition) is 2. The van der Waals surface area contributed by atoms with Crippen LogP contribution in [0.4, 0.5) is 5.69 Å². The summed E-state index contributed by atoms with van der Waals surface area (Å²) in [5, 5.41) is 9.37. The Hall–Kier alpha value is -1.22. The van der Waals surface area contributed by atoms with E-state index in [-0.39, 0.29) is 5.56 Å². The van der Waals surface area contributed by atoms with Gasteiger partial charge in [0.15, 0.2) is 0 Å². The minimum atomic E-state index is -0.966. The number of carboxylic acids is 1. The van der Waals surface area contributed by atoms with Crippen molar-refractivity contribution >= 4 is 23.3 Å². The van der Waals surface area contributed by atoms with Gasteiger partial charge in [0.25, 0.3) is 0 Å². The van der Waals surface area contributed by atoms with Gasteiger partial charge in [0.05, 0.1) is 10.6 Å². The first-order chi connectivity index (χ1) is 10.1. The largest absolute Gasteiger partial charge is 0.478 e. The molecule has 2 aliphatic rings. The van der Waals surface area contributed by atoms with Crippen LogP contribution in [0.2, 0.25) is 5.02 Å². The summed E-state index contributed by atoms with van der Waals surface area (Å²) in [5.41, 5.74) is 1.82. The minimum absolute atomic E-state index is 0.182. The summed E-state index contributed by atoms with van der Waals surface area (Å²) < 4.78 is 0. The molecule has 1 saturated carbocycles. The third-order valence-electron chi connectivity index (χ3n) is 5.29. The number of anilines is 1. The minimum Gasteiger partial charge on any atom is -0.478 e. The number of aromatic carboxylic acids is 1. The lowest BCUT2D eigenvalue weighted by atomic mass is 9.68. The summed E-state index contributed by atoms with van der Waals surface area (Å²) in [6, 6.07) is 5.29. The lowest BCUT2D eigenvalue weighted by molar-refractivity contribution is 0.0697. The van der Waals surface area contributed by atoms with Crippen LogP contribution in [0.25, 0.3) is 0 Å². The normalized spacial score (nSPS) is 21.5. The number of rotatable bonds is 2. The van der Waals surface area contributed by atoms with Crippen molar-refractivity contribution in [3.05, 3.63) is 28.8 Å². The van der Waals surface area contributed by atoms with Gasteiger partial charge in [-0.1, -0.05) is 30.9 Å². The SMILES string of the molecule is O=C(O)c1ccc(N2CCC3(CCCCC3)CC2)cc1Cl. The van der Waals surface area contributed by atoms with Crippen molar-refractivity contribution in [2.75, 3.05) is 18.0 Å². The Bertz CT molecular complexity index is 528. The fraction of sp³-hybridized carbons (Fsp3) is 0.588. The Labute approximate surface area is 130 Å². The van der Waals surface area contributed by atoms with Gasteiger partial charge in [0, 0.05) is 18.8 Å². The van der Waals surface area contributed by atoms with Gasteiger partial charge in [0.2, 0.25) is 0 Å². The zero-order chi connectivity index (χ0) is 14.9. The van der Waals surface area contributed by atoms with Gasteiger partial charge in [-0.25, -0.2) is 4.79 Å². The quantitative estimate of drug-likeness (QED) is 0.868. The third kappa shape index (κ3) is 3.03. The number of halogens is 1. The molecule has 2 fully saturated rings. The van der Waals surface area contributed by atoms with Crippen LogP contribution in [0.15, 0.2) is 18.2 Å². The standard InChI is InChI=1S/C17H22ClNO2/c18-15-12-13(4-5-14(15)16(20)21)19-10-8-17(9-11-19)6-2-1-3-7-17/h4-5,12H,1-3,6-11H2,(H,20,21). The summed E-state index contributed by atoms with van der Waals surface area (Å²) in [4.78, 5) is 13.4. The second-order valence-corrected chi connectivity index (χ2v) is 6.92. The molecule has 1 spiro atoms. The fourth-order valence-electron chi connectivity index (χ4n) is 3.92. The summed E-state index contributed by atoms with van der Waals surface area (Å²) in [6.07, 6.45) is 9.46. The molecule has 0 bridgehead atoms. The molecular weight excluding hydrogens is 286 g/mol. The number of hydrogen-bond donors (Lipinski definition) is 1. The first-order valence-electron chi connectivity index (χ1n) is 7.88. The monoisotopic (exact) mass is 307 g/mol. The number of carbonyl (C=O) groups is 1. The van der Waals surface area contributed by atoms with E-state index in [2.05, 4.69) is 4.90 Å². The Kier molecular flexibility index (Phi) is 4.12. The topological polar surface area (TPSA) is 40.5 Å². The van der Waals surface area contributed by atoms with Crippen LogP contribution < -0.4 is 4.90 Å². The Balaban J connectivity index is 1.69. The van der Waals surface area contributed by atoms with E-state index in [0.29, 0.717) is 10.4 Å². The highest BCUT2D eigenvalue weighted by atomic mass is 35.5. The first kappa shape index (κ1) is 14.7. The molecule has 0 atom stereocenters. The van der Waals surface area contributed by atoms with Gasteiger partial charge in [-0.3, -0.25) is 0 Å². The highest BCUT2D eigenvalue weighted by Crippen LogP contribution is 2.45. The maximum atomic E-state index is 11.0. The van der Waals surface area contributed by atoms with E-state index in [9.17, 15) is 4.79 Å². The number of benzene rings is 1. The van der Waals surface area contributed by atoms with Crippen molar-refractivity contribution < 1.29 is 9.90 Å². The summed E-state index contributed by atoms with van der Waals surface area (Å²) >= 11 is 6.08. The predicted octanol–water partition coefficient (Wildman–Crippen LogP) is 4.59. The van der Waals surface area contributed by atoms with Crippen molar-refractivity contribution in [3.63, 3.8) is 0 Å². The molecule has 1 aliphatic carbocycles. The van der Waals surface area contributed by atoms with E-state index >= 15 is 0 Å². The zero-order valence-electron chi connectivity index (χ0n) is 12.3. The Morgan fingerprint density at radius 1 is 1.10 bits per heavy atom. The molecule has 21 heavy (non-hydrogen) atoms. The molecule has 3 nitrogen and oxygen atoms in total. The van der Waals surface area contributed by atoms with Crippen LogP contribution in [-0.4, -0.2) is 24.2 Å². The van der Waals surface area contributed by atoms with Gasteiger partial charge in [-0.05, 0) is 49.3 Å². The van der Waals surface area contributed by atoms with Crippen molar-refractivity contribution in [2.24, 2.45) is 5.41 Å². The number of nitrogens with zero attached hydrogens (tertiary/aromatic N) is 1. The molecule has 3 rings (SSSR count). The van der Waals surface area contributed by atoms with E-state index in [1.807, 2.05) is 6.07 Å². The van der Waals surface area contributed by atoms with E-state index in [1.54, 1.807) is 12.1 Å². The molecule has 1 N–H and O–H groups in total. The van der Waals surface area contributed by atoms with Gasteiger partial charge in [0.1, 0.15) is 0 Å². The second-order valence-electron chi connectivity index (χ2n) is 6.52. The van der Waals surface area contributed by atoms with Crippen molar-refractivity contribution in [1.29, 1.82) is 0 Å². The Morgan fingerprint density at radius 3 is 2.33 bits per heavy atom. The molecule has 4 heteroatoms. The predicted molar refractivity (Wildman–Crippen MR) is 85.4 cm³/mol. The highest BCUT2D eigenvalue weighted by Gasteiger charge is 2.35. The van der Waals surface area contributed by atoms with Crippen LogP contribution in [0.5, 0.6) is 0 Å². The van der Waals surface area contributed by atoms with E-state index in [0.717, 1.165) is 18.8 Å². The molecule has 0 amide bonds. The average molecular weight is 308 g/mol.